The van der Waals surface area contributed by atoms with Gasteiger partial charge < -0.3 is 9.29 Å². The molecular formula is C14H17NO6S. The maximum Gasteiger partial charge on any atom is 0.403 e. The third kappa shape index (κ3) is 5.06. The molecule has 0 aliphatic carbocycles. The number of rotatable bonds is 3. The zero-order valence-electron chi connectivity index (χ0n) is 12.5. The van der Waals surface area contributed by atoms with Crippen molar-refractivity contribution in [3.8, 4) is 0 Å². The van der Waals surface area contributed by atoms with Crippen LogP contribution in [0.5, 0.6) is 0 Å². The first-order valence-corrected chi connectivity index (χ1v) is 7.69. The number of carbonyl (C=O) groups is 1. The highest BCUT2D eigenvalue weighted by Crippen LogP contribution is 2.10. The molecule has 7 nitrogen and oxygen atoms in total. The lowest BCUT2D eigenvalue weighted by atomic mass is 10.2. The van der Waals surface area contributed by atoms with Gasteiger partial charge in [0, 0.05) is 17.5 Å². The molecule has 0 atom stereocenters. The Morgan fingerprint density at radius 3 is 2.36 bits per heavy atom. The number of hydrogen-bond donors (Lipinski definition) is 0. The SMILES string of the molecule is CCOC(=O)c1ccc2ccccc2[n+]1C.COS(=O)(=O)[O-]. The second kappa shape index (κ2) is 7.83. The van der Waals surface area contributed by atoms with Crippen LogP contribution in [0.3, 0.4) is 0 Å². The number of para-hydroxylation sites is 1. The number of benzene rings is 1. The Hall–Kier alpha value is -2.03. The molecule has 0 spiro atoms. The zero-order valence-corrected chi connectivity index (χ0v) is 13.3. The van der Waals surface area contributed by atoms with Gasteiger partial charge in [-0.2, -0.15) is 4.57 Å². The number of pyridine rings is 1. The summed E-state index contributed by atoms with van der Waals surface area (Å²) in [5.74, 6) is -0.282. The molecule has 1 aromatic carbocycles. The summed E-state index contributed by atoms with van der Waals surface area (Å²) < 4.78 is 37.9. The number of aryl methyl sites for hydroxylation is 1. The summed E-state index contributed by atoms with van der Waals surface area (Å²) in [6, 6.07) is 11.7. The molecule has 0 bridgehead atoms. The Kier molecular flexibility index (Phi) is 6.41. The van der Waals surface area contributed by atoms with E-state index >= 15 is 0 Å². The molecule has 0 radical (unpaired) electrons. The fraction of sp³-hybridized carbons (Fsp3) is 0.286. The van der Waals surface area contributed by atoms with Crippen molar-refractivity contribution in [2.75, 3.05) is 13.7 Å². The van der Waals surface area contributed by atoms with Crippen molar-refractivity contribution in [3.05, 3.63) is 42.1 Å². The third-order valence-electron chi connectivity index (χ3n) is 2.77. The highest BCUT2D eigenvalue weighted by molar-refractivity contribution is 7.80. The normalized spacial score (nSPS) is 10.7. The standard InChI is InChI=1S/C13H14NO2.CH4O4S/c1-3-16-13(15)12-9-8-10-6-4-5-7-11(10)14(12)2;1-5-6(2,3)4/h4-9H,3H2,1-2H3;1H3,(H,2,3,4)/q+1;/p-1. The average molecular weight is 327 g/mol. The first-order valence-electron chi connectivity index (χ1n) is 6.36. The summed E-state index contributed by atoms with van der Waals surface area (Å²) in [4.78, 5) is 11.7. The van der Waals surface area contributed by atoms with Gasteiger partial charge in [-0.05, 0) is 19.1 Å². The van der Waals surface area contributed by atoms with Gasteiger partial charge in [-0.1, -0.05) is 12.1 Å². The van der Waals surface area contributed by atoms with Crippen LogP contribution in [0.4, 0.5) is 0 Å². The molecule has 22 heavy (non-hydrogen) atoms. The average Bonchev–Trinajstić information content (AvgIpc) is 2.48. The molecular weight excluding hydrogens is 310 g/mol. The number of nitrogens with zero attached hydrogens (tertiary/aromatic N) is 1. The van der Waals surface area contributed by atoms with Crippen LogP contribution in [-0.4, -0.2) is 32.7 Å². The van der Waals surface area contributed by atoms with Gasteiger partial charge in [0.15, 0.2) is 0 Å². The summed E-state index contributed by atoms with van der Waals surface area (Å²) in [5, 5.41) is 1.11. The second-order valence-electron chi connectivity index (χ2n) is 4.13. The number of aromatic nitrogens is 1. The molecule has 0 saturated carbocycles. The van der Waals surface area contributed by atoms with Crippen molar-refractivity contribution in [1.29, 1.82) is 0 Å². The summed E-state index contributed by atoms with van der Waals surface area (Å²) in [6.45, 7) is 2.20. The monoisotopic (exact) mass is 327 g/mol. The van der Waals surface area contributed by atoms with Crippen LogP contribution in [0.15, 0.2) is 36.4 Å². The lowest BCUT2D eigenvalue weighted by Crippen LogP contribution is -2.37. The molecule has 0 saturated heterocycles. The van der Waals surface area contributed by atoms with Gasteiger partial charge in [-0.25, -0.2) is 13.2 Å². The van der Waals surface area contributed by atoms with Crippen LogP contribution >= 0.6 is 0 Å². The van der Waals surface area contributed by atoms with Crippen LogP contribution in [-0.2, 0) is 26.4 Å². The van der Waals surface area contributed by atoms with E-state index in [9.17, 15) is 17.8 Å². The predicted octanol–water partition coefficient (Wildman–Crippen LogP) is 0.934. The van der Waals surface area contributed by atoms with Crippen molar-refractivity contribution in [3.63, 3.8) is 0 Å². The Balaban J connectivity index is 0.000000346. The minimum absolute atomic E-state index is 0.282. The maximum atomic E-state index is 11.7. The number of esters is 1. The highest BCUT2D eigenvalue weighted by Gasteiger charge is 2.19. The van der Waals surface area contributed by atoms with Crippen LogP contribution < -0.4 is 4.57 Å². The van der Waals surface area contributed by atoms with Crippen molar-refractivity contribution in [2.45, 2.75) is 6.92 Å². The van der Waals surface area contributed by atoms with Gasteiger partial charge in [0.25, 0.3) is 5.69 Å². The Labute approximate surface area is 129 Å². The van der Waals surface area contributed by atoms with Gasteiger partial charge in [0.2, 0.25) is 15.9 Å². The van der Waals surface area contributed by atoms with E-state index in [0.717, 1.165) is 18.0 Å². The first-order chi connectivity index (χ1) is 10.3. The Bertz CT molecular complexity index is 757. The molecule has 8 heteroatoms. The van der Waals surface area contributed by atoms with Crippen LogP contribution in [0, 0.1) is 0 Å². The summed E-state index contributed by atoms with van der Waals surface area (Å²) in [5.41, 5.74) is 1.59. The molecule has 0 N–H and O–H groups in total. The van der Waals surface area contributed by atoms with E-state index in [4.69, 9.17) is 4.74 Å². The molecule has 1 aromatic heterocycles. The molecule has 0 unspecified atom stereocenters. The molecule has 120 valence electrons. The van der Waals surface area contributed by atoms with Gasteiger partial charge in [0.1, 0.15) is 7.05 Å². The van der Waals surface area contributed by atoms with Crippen molar-refractivity contribution in [1.82, 2.24) is 0 Å². The second-order valence-corrected chi connectivity index (χ2v) is 5.28. The zero-order chi connectivity index (χ0) is 16.8. The van der Waals surface area contributed by atoms with Crippen LogP contribution in [0.25, 0.3) is 10.9 Å². The summed E-state index contributed by atoms with van der Waals surface area (Å²) >= 11 is 0. The van der Waals surface area contributed by atoms with Crippen LogP contribution in [0.2, 0.25) is 0 Å². The largest absolute Gasteiger partial charge is 0.726 e. The van der Waals surface area contributed by atoms with Gasteiger partial charge in [-0.15, -0.1) is 0 Å². The molecule has 2 rings (SSSR count). The first kappa shape index (κ1) is 18.0. The quantitative estimate of drug-likeness (QED) is 0.360. The summed E-state index contributed by atoms with van der Waals surface area (Å²) in [7, 11) is -1.73. The molecule has 1 heterocycles. The Morgan fingerprint density at radius 1 is 1.23 bits per heavy atom. The molecule has 2 aromatic rings. The van der Waals surface area contributed by atoms with E-state index in [1.54, 1.807) is 13.0 Å². The minimum atomic E-state index is -4.41. The number of carbonyl (C=O) groups excluding carboxylic acids is 1. The van der Waals surface area contributed by atoms with E-state index in [-0.39, 0.29) is 5.97 Å². The van der Waals surface area contributed by atoms with Gasteiger partial charge >= 0.3 is 5.97 Å². The molecule has 0 amide bonds. The van der Waals surface area contributed by atoms with Gasteiger partial charge in [-0.3, -0.25) is 4.18 Å². The maximum absolute atomic E-state index is 11.7. The van der Waals surface area contributed by atoms with Crippen molar-refractivity contribution >= 4 is 27.3 Å². The topological polar surface area (TPSA) is 96.6 Å². The van der Waals surface area contributed by atoms with E-state index in [1.807, 2.05) is 41.9 Å². The lowest BCUT2D eigenvalue weighted by molar-refractivity contribution is -0.647. The molecule has 0 fully saturated rings. The number of fused-ring (bicyclic) bond motifs is 1. The highest BCUT2D eigenvalue weighted by atomic mass is 32.3. The number of ether oxygens (including phenoxy) is 1. The molecule has 0 aliphatic rings. The van der Waals surface area contributed by atoms with Gasteiger partial charge in [0.05, 0.1) is 13.7 Å². The van der Waals surface area contributed by atoms with Crippen LogP contribution in [0.1, 0.15) is 17.4 Å². The predicted molar refractivity (Wildman–Crippen MR) is 77.8 cm³/mol. The smallest absolute Gasteiger partial charge is 0.403 e. The molecule has 0 aliphatic heterocycles. The Morgan fingerprint density at radius 2 is 1.82 bits per heavy atom. The number of hydrogen-bond acceptors (Lipinski definition) is 6. The van der Waals surface area contributed by atoms with E-state index in [0.29, 0.717) is 12.3 Å². The lowest BCUT2D eigenvalue weighted by Gasteiger charge is -2.02. The summed E-state index contributed by atoms with van der Waals surface area (Å²) in [6.07, 6.45) is 0. The fourth-order valence-electron chi connectivity index (χ4n) is 1.75. The third-order valence-corrected chi connectivity index (χ3v) is 3.18. The van der Waals surface area contributed by atoms with Crippen molar-refractivity contribution < 1.29 is 31.3 Å². The van der Waals surface area contributed by atoms with E-state index in [1.165, 1.54) is 0 Å². The van der Waals surface area contributed by atoms with Crippen molar-refractivity contribution in [2.24, 2.45) is 7.05 Å². The van der Waals surface area contributed by atoms with E-state index < -0.39 is 10.4 Å². The minimum Gasteiger partial charge on any atom is -0.726 e. The fourth-order valence-corrected chi connectivity index (χ4v) is 1.75. The van der Waals surface area contributed by atoms with E-state index in [2.05, 4.69) is 4.18 Å².